The quantitative estimate of drug-likeness (QED) is 0.373. The first-order valence-electron chi connectivity index (χ1n) is 5.55. The third-order valence-electron chi connectivity index (χ3n) is 2.62. The van der Waals surface area contributed by atoms with Gasteiger partial charge in [-0.3, -0.25) is 4.79 Å². The standard InChI is InChI=1S/C10H20N2O4/c13-3-5-16-4-1-2-12-10(6-9(14)15)7-11-8-10/h11-13H,1-8H2,(H,14,15). The SMILES string of the molecule is O=C(O)CC1(NCCCOCCO)CNC1. The van der Waals surface area contributed by atoms with E-state index in [9.17, 15) is 4.79 Å². The van der Waals surface area contributed by atoms with E-state index in [1.807, 2.05) is 0 Å². The predicted octanol–water partition coefficient (Wildman–Crippen LogP) is -1.21. The van der Waals surface area contributed by atoms with Crippen LogP contribution in [0, 0.1) is 0 Å². The number of hydrogen-bond donors (Lipinski definition) is 4. The fraction of sp³-hybridized carbons (Fsp3) is 0.900. The average molecular weight is 232 g/mol. The van der Waals surface area contributed by atoms with Crippen LogP contribution in [0.15, 0.2) is 0 Å². The van der Waals surface area contributed by atoms with Crippen LogP contribution < -0.4 is 10.6 Å². The third kappa shape index (κ3) is 4.44. The number of aliphatic carboxylic acids is 1. The molecule has 0 unspecified atom stereocenters. The molecule has 16 heavy (non-hydrogen) atoms. The van der Waals surface area contributed by atoms with E-state index in [1.165, 1.54) is 0 Å². The normalized spacial score (nSPS) is 18.1. The molecule has 1 aliphatic heterocycles. The van der Waals surface area contributed by atoms with Crippen LogP contribution in [0.1, 0.15) is 12.8 Å². The summed E-state index contributed by atoms with van der Waals surface area (Å²) in [5.74, 6) is -0.773. The molecule has 4 N–H and O–H groups in total. The Hall–Kier alpha value is -0.690. The minimum Gasteiger partial charge on any atom is -0.481 e. The van der Waals surface area contributed by atoms with Gasteiger partial charge in [0.05, 0.1) is 25.2 Å². The first-order valence-corrected chi connectivity index (χ1v) is 5.55. The summed E-state index contributed by atoms with van der Waals surface area (Å²) in [6.45, 7) is 3.14. The van der Waals surface area contributed by atoms with Gasteiger partial charge in [0.15, 0.2) is 0 Å². The van der Waals surface area contributed by atoms with E-state index in [4.69, 9.17) is 14.9 Å². The second-order valence-corrected chi connectivity index (χ2v) is 4.07. The zero-order valence-corrected chi connectivity index (χ0v) is 9.37. The van der Waals surface area contributed by atoms with Crippen LogP contribution in [0.2, 0.25) is 0 Å². The number of rotatable bonds is 9. The van der Waals surface area contributed by atoms with Gasteiger partial charge in [-0.15, -0.1) is 0 Å². The molecule has 0 atom stereocenters. The van der Waals surface area contributed by atoms with Crippen molar-refractivity contribution < 1.29 is 19.7 Å². The van der Waals surface area contributed by atoms with Gasteiger partial charge in [-0.05, 0) is 13.0 Å². The van der Waals surface area contributed by atoms with Gasteiger partial charge in [0.2, 0.25) is 0 Å². The molecule has 0 aliphatic carbocycles. The lowest BCUT2D eigenvalue weighted by atomic mass is 9.88. The Bertz CT molecular complexity index is 219. The Kier molecular flexibility index (Phi) is 5.68. The molecule has 1 fully saturated rings. The van der Waals surface area contributed by atoms with Gasteiger partial charge in [-0.2, -0.15) is 0 Å². The highest BCUT2D eigenvalue weighted by molar-refractivity contribution is 5.68. The minimum absolute atomic E-state index is 0.0420. The summed E-state index contributed by atoms with van der Waals surface area (Å²) in [5, 5.41) is 23.6. The molecule has 6 nitrogen and oxygen atoms in total. The highest BCUT2D eigenvalue weighted by Crippen LogP contribution is 2.15. The highest BCUT2D eigenvalue weighted by atomic mass is 16.5. The van der Waals surface area contributed by atoms with Crippen molar-refractivity contribution in [2.24, 2.45) is 0 Å². The Labute approximate surface area is 95.0 Å². The van der Waals surface area contributed by atoms with Gasteiger partial charge in [0.1, 0.15) is 0 Å². The van der Waals surface area contributed by atoms with Crippen LogP contribution in [0.4, 0.5) is 0 Å². The second kappa shape index (κ2) is 6.80. The van der Waals surface area contributed by atoms with E-state index in [0.29, 0.717) is 26.3 Å². The van der Waals surface area contributed by atoms with Crippen molar-refractivity contribution >= 4 is 5.97 Å². The fourth-order valence-electron chi connectivity index (χ4n) is 1.72. The molecule has 0 spiro atoms. The average Bonchev–Trinajstić information content (AvgIpc) is 2.18. The first-order chi connectivity index (χ1) is 7.68. The molecule has 1 rings (SSSR count). The molecule has 0 aromatic rings. The van der Waals surface area contributed by atoms with Gasteiger partial charge < -0.3 is 25.6 Å². The molecule has 0 amide bonds. The van der Waals surface area contributed by atoms with E-state index < -0.39 is 5.97 Å². The number of aliphatic hydroxyl groups is 1. The number of nitrogens with one attached hydrogen (secondary N) is 2. The Morgan fingerprint density at radius 2 is 2.19 bits per heavy atom. The summed E-state index contributed by atoms with van der Waals surface area (Å²) >= 11 is 0. The maximum Gasteiger partial charge on any atom is 0.305 e. The molecule has 0 aromatic carbocycles. The molecule has 0 aromatic heterocycles. The maximum atomic E-state index is 10.7. The zero-order chi connectivity index (χ0) is 11.9. The number of hydrogen-bond acceptors (Lipinski definition) is 5. The molecular formula is C10H20N2O4. The molecule has 6 heteroatoms. The van der Waals surface area contributed by atoms with E-state index in [2.05, 4.69) is 10.6 Å². The number of carboxylic acid groups (broad SMARTS) is 1. The molecule has 1 saturated heterocycles. The summed E-state index contributed by atoms with van der Waals surface area (Å²) in [4.78, 5) is 10.7. The first kappa shape index (κ1) is 13.4. The molecule has 94 valence electrons. The van der Waals surface area contributed by atoms with Gasteiger partial charge in [-0.25, -0.2) is 0 Å². The molecule has 0 saturated carbocycles. The van der Waals surface area contributed by atoms with Crippen LogP contribution in [0.3, 0.4) is 0 Å². The van der Waals surface area contributed by atoms with Crippen molar-refractivity contribution in [2.45, 2.75) is 18.4 Å². The Balaban J connectivity index is 2.07. The fourth-order valence-corrected chi connectivity index (χ4v) is 1.72. The van der Waals surface area contributed by atoms with Crippen molar-refractivity contribution in [1.82, 2.24) is 10.6 Å². The lowest BCUT2D eigenvalue weighted by Crippen LogP contribution is -2.68. The lowest BCUT2D eigenvalue weighted by molar-refractivity contribution is -0.139. The Morgan fingerprint density at radius 1 is 1.44 bits per heavy atom. The van der Waals surface area contributed by atoms with Crippen LogP contribution in [-0.2, 0) is 9.53 Å². The van der Waals surface area contributed by atoms with Crippen LogP contribution in [-0.4, -0.2) is 61.2 Å². The van der Waals surface area contributed by atoms with Gasteiger partial charge in [0.25, 0.3) is 0 Å². The number of aliphatic hydroxyl groups excluding tert-OH is 1. The number of carbonyl (C=O) groups is 1. The van der Waals surface area contributed by atoms with E-state index in [1.54, 1.807) is 0 Å². The van der Waals surface area contributed by atoms with Crippen molar-refractivity contribution in [1.29, 1.82) is 0 Å². The van der Waals surface area contributed by atoms with Crippen LogP contribution in [0.5, 0.6) is 0 Å². The lowest BCUT2D eigenvalue weighted by Gasteiger charge is -2.42. The van der Waals surface area contributed by atoms with Gasteiger partial charge in [0, 0.05) is 19.7 Å². The summed E-state index contributed by atoms with van der Waals surface area (Å²) in [6, 6.07) is 0. The summed E-state index contributed by atoms with van der Waals surface area (Å²) in [5.41, 5.74) is -0.275. The molecule has 1 heterocycles. The van der Waals surface area contributed by atoms with E-state index >= 15 is 0 Å². The van der Waals surface area contributed by atoms with Crippen molar-refractivity contribution in [3.63, 3.8) is 0 Å². The number of ether oxygens (including phenoxy) is 1. The minimum atomic E-state index is -0.773. The van der Waals surface area contributed by atoms with Crippen molar-refractivity contribution in [3.8, 4) is 0 Å². The topological polar surface area (TPSA) is 90.8 Å². The summed E-state index contributed by atoms with van der Waals surface area (Å²) in [6.07, 6.45) is 0.971. The molecule has 1 aliphatic rings. The molecule has 0 radical (unpaired) electrons. The maximum absolute atomic E-state index is 10.7. The van der Waals surface area contributed by atoms with E-state index in [0.717, 1.165) is 13.0 Å². The van der Waals surface area contributed by atoms with Crippen molar-refractivity contribution in [3.05, 3.63) is 0 Å². The van der Waals surface area contributed by atoms with E-state index in [-0.39, 0.29) is 18.6 Å². The number of carboxylic acids is 1. The molecule has 0 bridgehead atoms. The summed E-state index contributed by atoms with van der Waals surface area (Å²) < 4.78 is 5.11. The highest BCUT2D eigenvalue weighted by Gasteiger charge is 2.38. The van der Waals surface area contributed by atoms with Crippen LogP contribution in [0.25, 0.3) is 0 Å². The second-order valence-electron chi connectivity index (χ2n) is 4.07. The van der Waals surface area contributed by atoms with Crippen molar-refractivity contribution in [2.75, 3.05) is 39.5 Å². The zero-order valence-electron chi connectivity index (χ0n) is 9.37. The van der Waals surface area contributed by atoms with Gasteiger partial charge >= 0.3 is 5.97 Å². The largest absolute Gasteiger partial charge is 0.481 e. The third-order valence-corrected chi connectivity index (χ3v) is 2.62. The summed E-state index contributed by atoms with van der Waals surface area (Å²) in [7, 11) is 0. The molecular weight excluding hydrogens is 212 g/mol. The smallest absolute Gasteiger partial charge is 0.305 e. The Morgan fingerprint density at radius 3 is 2.69 bits per heavy atom. The predicted molar refractivity (Wildman–Crippen MR) is 58.4 cm³/mol. The van der Waals surface area contributed by atoms with Crippen LogP contribution >= 0.6 is 0 Å². The monoisotopic (exact) mass is 232 g/mol. The van der Waals surface area contributed by atoms with Gasteiger partial charge in [-0.1, -0.05) is 0 Å².